The lowest BCUT2D eigenvalue weighted by Gasteiger charge is -2.43. The van der Waals surface area contributed by atoms with Gasteiger partial charge in [-0.3, -0.25) is 9.69 Å². The van der Waals surface area contributed by atoms with Crippen LogP contribution in [0.15, 0.2) is 66.0 Å². The molecule has 4 heterocycles. The molecule has 2 aliphatic rings. The molecule has 1 aromatic carbocycles. The van der Waals surface area contributed by atoms with Crippen molar-refractivity contribution in [3.8, 4) is 11.1 Å². The lowest BCUT2D eigenvalue weighted by atomic mass is 9.80. The maximum atomic E-state index is 12.6. The van der Waals surface area contributed by atoms with Crippen molar-refractivity contribution in [1.29, 1.82) is 0 Å². The molecule has 0 unspecified atom stereocenters. The van der Waals surface area contributed by atoms with Crippen LogP contribution in [0.25, 0.3) is 11.1 Å². The van der Waals surface area contributed by atoms with Crippen molar-refractivity contribution in [3.63, 3.8) is 0 Å². The first-order chi connectivity index (χ1) is 13.3. The molecule has 1 saturated heterocycles. The van der Waals surface area contributed by atoms with E-state index >= 15 is 0 Å². The zero-order chi connectivity index (χ0) is 18.2. The predicted octanol–water partition coefficient (Wildman–Crippen LogP) is 2.92. The number of likely N-dealkylation sites (tertiary alicyclic amines) is 1. The van der Waals surface area contributed by atoms with Crippen LogP contribution >= 0.6 is 0 Å². The monoisotopic (exact) mass is 358 g/mol. The van der Waals surface area contributed by atoms with Gasteiger partial charge in [-0.25, -0.2) is 9.97 Å². The van der Waals surface area contributed by atoms with Gasteiger partial charge in [-0.1, -0.05) is 30.3 Å². The standard InChI is InChI=1S/C22H22N4O/c27-21-7-6-20(19-9-23-15-24-10-19)22-18-8-17(13-26(21)22)12-25(14-18)11-16-4-2-1-3-5-16/h1-7,9-10,15,17-18H,8,11-14H2/t17-,18+/m0/s1. The van der Waals surface area contributed by atoms with Crippen LogP contribution in [0, 0.1) is 5.92 Å². The summed E-state index contributed by atoms with van der Waals surface area (Å²) in [5.74, 6) is 0.894. The van der Waals surface area contributed by atoms with Gasteiger partial charge >= 0.3 is 0 Å². The third-order valence-electron chi connectivity index (χ3n) is 5.79. The van der Waals surface area contributed by atoms with Crippen LogP contribution in [0.2, 0.25) is 0 Å². The molecule has 0 N–H and O–H groups in total. The van der Waals surface area contributed by atoms with E-state index in [1.165, 1.54) is 5.56 Å². The molecule has 5 nitrogen and oxygen atoms in total. The fourth-order valence-corrected chi connectivity index (χ4v) is 4.77. The summed E-state index contributed by atoms with van der Waals surface area (Å²) in [6.45, 7) is 3.80. The number of pyridine rings is 1. The second kappa shape index (κ2) is 6.74. The largest absolute Gasteiger partial charge is 0.311 e. The molecule has 1 fully saturated rings. The van der Waals surface area contributed by atoms with Gasteiger partial charge in [-0.15, -0.1) is 0 Å². The highest BCUT2D eigenvalue weighted by atomic mass is 16.1. The lowest BCUT2D eigenvalue weighted by Crippen LogP contribution is -2.47. The second-order valence-electron chi connectivity index (χ2n) is 7.69. The number of piperidine rings is 1. The number of fused-ring (bicyclic) bond motifs is 4. The highest BCUT2D eigenvalue weighted by molar-refractivity contribution is 5.65. The number of nitrogens with zero attached hydrogens (tertiary/aromatic N) is 4. The van der Waals surface area contributed by atoms with Gasteiger partial charge in [0.15, 0.2) is 0 Å². The van der Waals surface area contributed by atoms with E-state index in [0.29, 0.717) is 11.8 Å². The Morgan fingerprint density at radius 3 is 2.59 bits per heavy atom. The van der Waals surface area contributed by atoms with Gasteiger partial charge in [0.05, 0.1) is 0 Å². The minimum atomic E-state index is 0.108. The van der Waals surface area contributed by atoms with Gasteiger partial charge in [-0.2, -0.15) is 0 Å². The van der Waals surface area contributed by atoms with E-state index in [9.17, 15) is 4.79 Å². The second-order valence-corrected chi connectivity index (χ2v) is 7.69. The van der Waals surface area contributed by atoms with Crippen molar-refractivity contribution in [2.24, 2.45) is 5.92 Å². The van der Waals surface area contributed by atoms with E-state index in [0.717, 1.165) is 49.4 Å². The van der Waals surface area contributed by atoms with Gasteiger partial charge in [-0.05, 0) is 24.0 Å². The fraction of sp³-hybridized carbons (Fsp3) is 0.318. The SMILES string of the molecule is O=c1ccc(-c2cncnc2)c2n1C[C@H]1C[C@@H]2CN(Cc2ccccc2)C1. The van der Waals surface area contributed by atoms with Crippen LogP contribution in [0.1, 0.15) is 23.6 Å². The first kappa shape index (κ1) is 16.4. The van der Waals surface area contributed by atoms with Gasteiger partial charge in [0, 0.05) is 67.4 Å². The van der Waals surface area contributed by atoms with E-state index in [1.807, 2.05) is 23.0 Å². The number of hydrogen-bond donors (Lipinski definition) is 0. The van der Waals surface area contributed by atoms with Gasteiger partial charge < -0.3 is 4.57 Å². The molecule has 5 rings (SSSR count). The van der Waals surface area contributed by atoms with Gasteiger partial charge in [0.2, 0.25) is 0 Å². The molecule has 136 valence electrons. The summed E-state index contributed by atoms with van der Waals surface area (Å²) in [5.41, 5.74) is 4.70. The van der Waals surface area contributed by atoms with Crippen molar-refractivity contribution in [1.82, 2.24) is 19.4 Å². The molecule has 2 aliphatic heterocycles. The molecule has 2 bridgehead atoms. The molecule has 3 aromatic rings. The number of benzene rings is 1. The minimum Gasteiger partial charge on any atom is -0.311 e. The first-order valence-corrected chi connectivity index (χ1v) is 9.53. The van der Waals surface area contributed by atoms with Gasteiger partial charge in [0.1, 0.15) is 6.33 Å². The third kappa shape index (κ3) is 3.08. The van der Waals surface area contributed by atoms with E-state index in [2.05, 4.69) is 45.2 Å². The van der Waals surface area contributed by atoms with Crippen LogP contribution in [-0.2, 0) is 13.1 Å². The highest BCUT2D eigenvalue weighted by Gasteiger charge is 2.36. The fourth-order valence-electron chi connectivity index (χ4n) is 4.77. The Hall–Kier alpha value is -2.79. The minimum absolute atomic E-state index is 0.108. The molecule has 27 heavy (non-hydrogen) atoms. The Bertz CT molecular complexity index is 1000. The van der Waals surface area contributed by atoms with E-state index < -0.39 is 0 Å². The Kier molecular flexibility index (Phi) is 4.09. The quantitative estimate of drug-likeness (QED) is 0.722. The molecule has 0 saturated carbocycles. The van der Waals surface area contributed by atoms with Gasteiger partial charge in [0.25, 0.3) is 5.56 Å². The molecular weight excluding hydrogens is 336 g/mol. The van der Waals surface area contributed by atoms with Crippen LogP contribution in [0.4, 0.5) is 0 Å². The Balaban J connectivity index is 1.52. The topological polar surface area (TPSA) is 51.0 Å². The Morgan fingerprint density at radius 2 is 1.78 bits per heavy atom. The van der Waals surface area contributed by atoms with Crippen molar-refractivity contribution in [2.75, 3.05) is 13.1 Å². The summed E-state index contributed by atoms with van der Waals surface area (Å²) in [6, 6.07) is 14.3. The predicted molar refractivity (Wildman–Crippen MR) is 104 cm³/mol. The van der Waals surface area contributed by atoms with Crippen LogP contribution in [-0.4, -0.2) is 32.5 Å². The van der Waals surface area contributed by atoms with Crippen molar-refractivity contribution >= 4 is 0 Å². The summed E-state index contributed by atoms with van der Waals surface area (Å²) < 4.78 is 2.00. The van der Waals surface area contributed by atoms with Crippen LogP contribution in [0.3, 0.4) is 0 Å². The van der Waals surface area contributed by atoms with E-state index in [4.69, 9.17) is 0 Å². The maximum Gasteiger partial charge on any atom is 0.250 e. The maximum absolute atomic E-state index is 12.6. The normalized spacial score (nSPS) is 21.6. The van der Waals surface area contributed by atoms with Crippen LogP contribution < -0.4 is 5.56 Å². The molecule has 0 radical (unpaired) electrons. The average Bonchev–Trinajstić information content (AvgIpc) is 2.70. The highest BCUT2D eigenvalue weighted by Crippen LogP contribution is 2.39. The molecule has 0 amide bonds. The average molecular weight is 358 g/mol. The summed E-state index contributed by atoms with van der Waals surface area (Å²) >= 11 is 0. The molecule has 0 aliphatic carbocycles. The molecule has 5 heteroatoms. The molecular formula is C22H22N4O. The van der Waals surface area contributed by atoms with Crippen molar-refractivity contribution in [3.05, 3.63) is 82.8 Å². The molecule has 0 spiro atoms. The van der Waals surface area contributed by atoms with E-state index in [1.54, 1.807) is 12.4 Å². The van der Waals surface area contributed by atoms with Crippen molar-refractivity contribution in [2.45, 2.75) is 25.4 Å². The van der Waals surface area contributed by atoms with Crippen LogP contribution in [0.5, 0.6) is 0 Å². The Labute approximate surface area is 158 Å². The first-order valence-electron chi connectivity index (χ1n) is 9.53. The number of hydrogen-bond acceptors (Lipinski definition) is 4. The lowest BCUT2D eigenvalue weighted by molar-refractivity contribution is 0.115. The zero-order valence-corrected chi connectivity index (χ0v) is 15.2. The van der Waals surface area contributed by atoms with E-state index in [-0.39, 0.29) is 5.56 Å². The zero-order valence-electron chi connectivity index (χ0n) is 15.2. The number of rotatable bonds is 3. The third-order valence-corrected chi connectivity index (χ3v) is 5.79. The summed E-state index contributed by atoms with van der Waals surface area (Å²) in [4.78, 5) is 23.5. The summed E-state index contributed by atoms with van der Waals surface area (Å²) in [6.07, 6.45) is 6.37. The Morgan fingerprint density at radius 1 is 0.963 bits per heavy atom. The summed E-state index contributed by atoms with van der Waals surface area (Å²) in [7, 11) is 0. The van der Waals surface area contributed by atoms with Crippen molar-refractivity contribution < 1.29 is 0 Å². The summed E-state index contributed by atoms with van der Waals surface area (Å²) in [5, 5.41) is 0. The smallest absolute Gasteiger partial charge is 0.250 e. The molecule has 2 aromatic heterocycles. The molecule has 2 atom stereocenters. The number of aromatic nitrogens is 3.